The molecule has 0 bridgehead atoms. The number of carbonyl (C=O) groups is 1. The maximum atomic E-state index is 12.8. The molecule has 2 fully saturated rings. The van der Waals surface area contributed by atoms with Crippen LogP contribution >= 0.6 is 0 Å². The number of nitrogens with one attached hydrogen (secondary N) is 1. The van der Waals surface area contributed by atoms with Gasteiger partial charge in [-0.05, 0) is 43.8 Å². The molecule has 0 aromatic heterocycles. The van der Waals surface area contributed by atoms with Gasteiger partial charge in [0.15, 0.2) is 0 Å². The van der Waals surface area contributed by atoms with Crippen molar-refractivity contribution in [1.29, 1.82) is 0 Å². The highest BCUT2D eigenvalue weighted by Gasteiger charge is 2.58. The summed E-state index contributed by atoms with van der Waals surface area (Å²) in [6, 6.07) is 8.06. The van der Waals surface area contributed by atoms with Crippen molar-refractivity contribution in [2.75, 3.05) is 26.2 Å². The summed E-state index contributed by atoms with van der Waals surface area (Å²) in [5.41, 5.74) is 1.44. The molecule has 1 saturated carbocycles. The number of benzene rings is 1. The summed E-state index contributed by atoms with van der Waals surface area (Å²) >= 11 is 0. The Bertz CT molecular complexity index is 551. The van der Waals surface area contributed by atoms with E-state index in [2.05, 4.69) is 11.4 Å². The van der Waals surface area contributed by atoms with Crippen LogP contribution in [0.2, 0.25) is 0 Å². The zero-order valence-electron chi connectivity index (χ0n) is 12.3. The van der Waals surface area contributed by atoms with Crippen LogP contribution in [0.15, 0.2) is 24.3 Å². The van der Waals surface area contributed by atoms with Crippen LogP contribution in [0.4, 0.5) is 0 Å². The van der Waals surface area contributed by atoms with E-state index in [4.69, 9.17) is 4.74 Å². The summed E-state index contributed by atoms with van der Waals surface area (Å²) in [5, 5.41) is 3.40. The topological polar surface area (TPSA) is 41.6 Å². The molecule has 1 aromatic rings. The minimum Gasteiger partial charge on any atom is -0.491 e. The largest absolute Gasteiger partial charge is 0.491 e. The summed E-state index contributed by atoms with van der Waals surface area (Å²) in [6.45, 7) is 4.13. The molecule has 1 amide bonds. The number of fused-ring (bicyclic) bond motifs is 1. The molecule has 1 aromatic carbocycles. The third kappa shape index (κ3) is 2.31. The minimum absolute atomic E-state index is 0.255. The number of ether oxygens (including phenoxy) is 1. The normalized spacial score (nSPS) is 26.7. The Hall–Kier alpha value is -1.55. The fourth-order valence-electron chi connectivity index (χ4n) is 3.91. The van der Waals surface area contributed by atoms with E-state index in [0.717, 1.165) is 43.7 Å². The van der Waals surface area contributed by atoms with Gasteiger partial charge in [0.1, 0.15) is 12.4 Å². The van der Waals surface area contributed by atoms with Crippen molar-refractivity contribution in [3.8, 4) is 5.75 Å². The molecule has 1 saturated heterocycles. The molecule has 1 spiro atoms. The first-order valence-electron chi connectivity index (χ1n) is 7.99. The van der Waals surface area contributed by atoms with E-state index in [0.29, 0.717) is 31.0 Å². The molecule has 1 N–H and O–H groups in total. The second-order valence-corrected chi connectivity index (χ2v) is 6.59. The lowest BCUT2D eigenvalue weighted by Gasteiger charge is -2.26. The van der Waals surface area contributed by atoms with E-state index in [-0.39, 0.29) is 5.92 Å². The number of rotatable bonds is 1. The van der Waals surface area contributed by atoms with Crippen LogP contribution < -0.4 is 10.1 Å². The van der Waals surface area contributed by atoms with E-state index >= 15 is 0 Å². The molecule has 2 aliphatic heterocycles. The fourth-order valence-corrected chi connectivity index (χ4v) is 3.91. The van der Waals surface area contributed by atoms with Gasteiger partial charge in [0.05, 0.1) is 6.54 Å². The average Bonchev–Trinajstić information content (AvgIpc) is 3.25. The van der Waals surface area contributed by atoms with Crippen molar-refractivity contribution in [2.45, 2.75) is 25.8 Å². The Balaban J connectivity index is 1.48. The molecule has 4 heteroatoms. The highest BCUT2D eigenvalue weighted by molar-refractivity contribution is 5.83. The molecule has 4 nitrogen and oxygen atoms in total. The van der Waals surface area contributed by atoms with Crippen molar-refractivity contribution in [2.24, 2.45) is 11.3 Å². The summed E-state index contributed by atoms with van der Waals surface area (Å²) in [6.07, 6.45) is 3.40. The maximum absolute atomic E-state index is 12.8. The number of hydrogen-bond acceptors (Lipinski definition) is 3. The van der Waals surface area contributed by atoms with E-state index in [1.807, 2.05) is 23.1 Å². The van der Waals surface area contributed by atoms with Gasteiger partial charge in [-0.3, -0.25) is 4.79 Å². The Morgan fingerprint density at radius 1 is 1.29 bits per heavy atom. The number of nitrogens with zero attached hydrogens (tertiary/aromatic N) is 1. The summed E-state index contributed by atoms with van der Waals surface area (Å²) in [4.78, 5) is 14.9. The van der Waals surface area contributed by atoms with Gasteiger partial charge in [-0.25, -0.2) is 0 Å². The molecule has 0 radical (unpaired) electrons. The highest BCUT2D eigenvalue weighted by atomic mass is 16.5. The first kappa shape index (κ1) is 13.1. The van der Waals surface area contributed by atoms with E-state index in [1.165, 1.54) is 0 Å². The minimum atomic E-state index is 0.255. The summed E-state index contributed by atoms with van der Waals surface area (Å²) in [7, 11) is 0. The van der Waals surface area contributed by atoms with Crippen molar-refractivity contribution < 1.29 is 9.53 Å². The highest BCUT2D eigenvalue weighted by Crippen LogP contribution is 2.59. The Morgan fingerprint density at radius 3 is 2.95 bits per heavy atom. The van der Waals surface area contributed by atoms with Crippen molar-refractivity contribution in [3.05, 3.63) is 29.8 Å². The van der Waals surface area contributed by atoms with Gasteiger partial charge in [-0.1, -0.05) is 18.2 Å². The van der Waals surface area contributed by atoms with Crippen LogP contribution in [0.1, 0.15) is 24.8 Å². The molecule has 1 atom stereocenters. The Kier molecular flexibility index (Phi) is 3.14. The zero-order chi connectivity index (χ0) is 14.3. The van der Waals surface area contributed by atoms with Crippen LogP contribution in [0.3, 0.4) is 0 Å². The standard InChI is InChI=1S/C17H22N2O2/c20-16(14-11-17(14)5-7-18-8-6-17)19-9-10-21-15-4-2-1-3-13(15)12-19/h1-4,14,18H,5-12H2. The number of piperidine rings is 1. The van der Waals surface area contributed by atoms with E-state index in [1.54, 1.807) is 0 Å². The molecular formula is C17H22N2O2. The number of hydrogen-bond donors (Lipinski definition) is 1. The van der Waals surface area contributed by atoms with Crippen LogP contribution in [-0.4, -0.2) is 37.0 Å². The SMILES string of the molecule is O=C(C1CC12CCNCC2)N1CCOc2ccccc2C1. The first-order chi connectivity index (χ1) is 10.3. The number of para-hydroxylation sites is 1. The Morgan fingerprint density at radius 2 is 2.10 bits per heavy atom. The van der Waals surface area contributed by atoms with E-state index < -0.39 is 0 Å². The summed E-state index contributed by atoms with van der Waals surface area (Å²) in [5.74, 6) is 1.53. The second kappa shape index (κ2) is 5.02. The second-order valence-electron chi connectivity index (χ2n) is 6.59. The molecule has 1 aliphatic carbocycles. The van der Waals surface area contributed by atoms with Crippen LogP contribution in [0.25, 0.3) is 0 Å². The predicted octanol–water partition coefficient (Wildman–Crippen LogP) is 1.80. The zero-order valence-corrected chi connectivity index (χ0v) is 12.3. The van der Waals surface area contributed by atoms with E-state index in [9.17, 15) is 4.79 Å². The van der Waals surface area contributed by atoms with Crippen molar-refractivity contribution in [3.63, 3.8) is 0 Å². The smallest absolute Gasteiger partial charge is 0.226 e. The van der Waals surface area contributed by atoms with Crippen molar-refractivity contribution in [1.82, 2.24) is 10.2 Å². The fraction of sp³-hybridized carbons (Fsp3) is 0.588. The van der Waals surface area contributed by atoms with Gasteiger partial charge >= 0.3 is 0 Å². The van der Waals surface area contributed by atoms with Crippen LogP contribution in [0, 0.1) is 11.3 Å². The monoisotopic (exact) mass is 286 g/mol. The third-order valence-electron chi connectivity index (χ3n) is 5.35. The lowest BCUT2D eigenvalue weighted by Crippen LogP contribution is -2.37. The molecule has 3 aliphatic rings. The third-order valence-corrected chi connectivity index (χ3v) is 5.35. The molecule has 4 rings (SSSR count). The lowest BCUT2D eigenvalue weighted by atomic mass is 9.91. The number of carbonyl (C=O) groups excluding carboxylic acids is 1. The van der Waals surface area contributed by atoms with Gasteiger partial charge in [-0.2, -0.15) is 0 Å². The molecule has 2 heterocycles. The summed E-state index contributed by atoms with van der Waals surface area (Å²) < 4.78 is 5.76. The van der Waals surface area contributed by atoms with Crippen molar-refractivity contribution >= 4 is 5.91 Å². The molecular weight excluding hydrogens is 264 g/mol. The molecule has 1 unspecified atom stereocenters. The average molecular weight is 286 g/mol. The van der Waals surface area contributed by atoms with Gasteiger partial charge in [-0.15, -0.1) is 0 Å². The molecule has 21 heavy (non-hydrogen) atoms. The van der Waals surface area contributed by atoms with Gasteiger partial charge in [0.2, 0.25) is 5.91 Å². The van der Waals surface area contributed by atoms with Gasteiger partial charge in [0.25, 0.3) is 0 Å². The molecule has 112 valence electrons. The quantitative estimate of drug-likeness (QED) is 0.856. The lowest BCUT2D eigenvalue weighted by molar-refractivity contribution is -0.134. The van der Waals surface area contributed by atoms with Gasteiger partial charge < -0.3 is 15.0 Å². The Labute approximate surface area is 125 Å². The van der Waals surface area contributed by atoms with Crippen LogP contribution in [-0.2, 0) is 11.3 Å². The predicted molar refractivity (Wildman–Crippen MR) is 80.0 cm³/mol. The number of amides is 1. The van der Waals surface area contributed by atoms with Crippen LogP contribution in [0.5, 0.6) is 5.75 Å². The first-order valence-corrected chi connectivity index (χ1v) is 7.99. The maximum Gasteiger partial charge on any atom is 0.226 e. The van der Waals surface area contributed by atoms with Gasteiger partial charge in [0, 0.05) is 18.0 Å².